The van der Waals surface area contributed by atoms with Gasteiger partial charge in [-0.3, -0.25) is 0 Å². The van der Waals surface area contributed by atoms with Crippen LogP contribution >= 0.6 is 0 Å². The van der Waals surface area contributed by atoms with Gasteiger partial charge >= 0.3 is 21.7 Å². The van der Waals surface area contributed by atoms with Crippen LogP contribution in [0.3, 0.4) is 0 Å². The number of rotatable bonds is 3. The predicted molar refractivity (Wildman–Crippen MR) is 105 cm³/mol. The third-order valence-electron chi connectivity index (χ3n) is 4.17. The van der Waals surface area contributed by atoms with Gasteiger partial charge in [0.15, 0.2) is 0 Å². The van der Waals surface area contributed by atoms with Crippen LogP contribution in [0.1, 0.15) is 36.5 Å². The number of unbranched alkanes of at least 4 members (excludes halogenated alkanes) is 1. The molecule has 0 nitrogen and oxygen atoms in total. The first-order valence-corrected chi connectivity index (χ1v) is 8.67. The molecule has 0 saturated heterocycles. The summed E-state index contributed by atoms with van der Waals surface area (Å²) in [7, 11) is 0. The van der Waals surface area contributed by atoms with Crippen molar-refractivity contribution >= 4 is 0 Å². The zero-order valence-corrected chi connectivity index (χ0v) is 18.9. The van der Waals surface area contributed by atoms with Crippen molar-refractivity contribution < 1.29 is 46.5 Å². The third-order valence-corrected chi connectivity index (χ3v) is 4.17. The zero-order chi connectivity index (χ0) is 17.2. The summed E-state index contributed by atoms with van der Waals surface area (Å²) >= 11 is 0. The minimum Gasteiger partial charge on any atom is -1.00 e. The maximum Gasteiger partial charge on any atom is 4.00 e. The van der Waals surface area contributed by atoms with E-state index in [4.69, 9.17) is 0 Å². The van der Waals surface area contributed by atoms with Crippen molar-refractivity contribution in [3.63, 3.8) is 0 Å². The van der Waals surface area contributed by atoms with Crippen LogP contribution in [0.4, 0.5) is 0 Å². The molecule has 0 radical (unpaired) electrons. The molecule has 1 aliphatic carbocycles. The van der Waals surface area contributed by atoms with Crippen molar-refractivity contribution in [1.82, 2.24) is 0 Å². The van der Waals surface area contributed by atoms with Gasteiger partial charge in [0.05, 0.1) is 0 Å². The van der Waals surface area contributed by atoms with E-state index in [1.54, 1.807) is 0 Å². The van der Waals surface area contributed by atoms with E-state index in [1.165, 1.54) is 47.1 Å². The van der Waals surface area contributed by atoms with Crippen LogP contribution in [-0.4, -0.2) is 0 Å². The predicted octanol–water partition coefficient (Wildman–Crippen LogP) is 0.614. The molecule has 0 heterocycles. The number of aryl methyl sites for hydroxylation is 1. The van der Waals surface area contributed by atoms with E-state index in [0.717, 1.165) is 6.42 Å². The van der Waals surface area contributed by atoms with Gasteiger partial charge in [0.25, 0.3) is 0 Å². The van der Waals surface area contributed by atoms with Crippen molar-refractivity contribution in [1.29, 1.82) is 0 Å². The minimum atomic E-state index is 0. The van der Waals surface area contributed by atoms with E-state index < -0.39 is 0 Å². The largest absolute Gasteiger partial charge is 4.00 e. The molecule has 0 aliphatic heterocycles. The molecule has 3 heteroatoms. The second kappa shape index (κ2) is 15.8. The Balaban J connectivity index is 0. The first-order chi connectivity index (χ1) is 11.9. The molecule has 0 unspecified atom stereocenters. The zero-order valence-electron chi connectivity index (χ0n) is 15.8. The molecule has 0 saturated carbocycles. The van der Waals surface area contributed by atoms with Gasteiger partial charge < -0.3 is 24.8 Å². The molecule has 0 spiro atoms. The first kappa shape index (κ1) is 28.0. The fraction of sp³-hybridized carbons (Fsp3) is 0.208. The van der Waals surface area contributed by atoms with Gasteiger partial charge in [0.2, 0.25) is 0 Å². The SMILES string of the molecule is C=C.CCCC[c-]1cccc1.[Cl-].[Cl-].[Ti+4].[c-]1cccc2c1Cc1ccccc1-2. The second-order valence-corrected chi connectivity index (χ2v) is 5.79. The van der Waals surface area contributed by atoms with E-state index in [9.17, 15) is 0 Å². The van der Waals surface area contributed by atoms with Gasteiger partial charge in [0.1, 0.15) is 0 Å². The van der Waals surface area contributed by atoms with E-state index in [1.807, 2.05) is 6.07 Å². The summed E-state index contributed by atoms with van der Waals surface area (Å²) < 4.78 is 0. The minimum absolute atomic E-state index is 0. The van der Waals surface area contributed by atoms with Gasteiger partial charge in [-0.15, -0.1) is 18.7 Å². The third kappa shape index (κ3) is 8.15. The molecule has 27 heavy (non-hydrogen) atoms. The number of halogens is 2. The monoisotopic (exact) mass is 432 g/mol. The smallest absolute Gasteiger partial charge is 1.00 e. The van der Waals surface area contributed by atoms with Crippen molar-refractivity contribution in [2.75, 3.05) is 0 Å². The first-order valence-electron chi connectivity index (χ1n) is 8.67. The second-order valence-electron chi connectivity index (χ2n) is 5.79. The molecule has 0 amide bonds. The molecule has 0 N–H and O–H groups in total. The van der Waals surface area contributed by atoms with Crippen molar-refractivity contribution in [3.05, 3.63) is 103 Å². The molecule has 0 aromatic heterocycles. The summed E-state index contributed by atoms with van der Waals surface area (Å²) in [5, 5.41) is 0. The Morgan fingerprint density at radius 1 is 0.926 bits per heavy atom. The average Bonchev–Trinajstić information content (AvgIpc) is 3.29. The standard InChI is InChI=1S/C13H9.C9H13.C2H4.2ClH.Ti/c1-3-7-12-10(5-1)9-11-6-2-4-8-13(11)12;1-2-3-6-9-7-4-5-8-9;1-2;;;/h1-5,7-8H,9H2;4-5,7-8H,2-3,6H2,1H3;1-2H2;2*1H;/q2*-1;;;;+4/p-2. The van der Waals surface area contributed by atoms with E-state index in [2.05, 4.69) is 86.8 Å². The maximum atomic E-state index is 3.30. The molecule has 0 fully saturated rings. The summed E-state index contributed by atoms with van der Waals surface area (Å²) in [5.41, 5.74) is 6.99. The molecule has 4 rings (SSSR count). The number of hydrogen-bond donors (Lipinski definition) is 0. The van der Waals surface area contributed by atoms with Crippen LogP contribution in [0.2, 0.25) is 0 Å². The van der Waals surface area contributed by atoms with Gasteiger partial charge in [0, 0.05) is 0 Å². The van der Waals surface area contributed by atoms with Crippen molar-refractivity contribution in [3.8, 4) is 11.1 Å². The van der Waals surface area contributed by atoms with E-state index >= 15 is 0 Å². The van der Waals surface area contributed by atoms with Crippen LogP contribution < -0.4 is 24.8 Å². The molecule has 1 aliphatic rings. The van der Waals surface area contributed by atoms with Gasteiger partial charge in [-0.1, -0.05) is 61.6 Å². The van der Waals surface area contributed by atoms with Gasteiger partial charge in [-0.25, -0.2) is 12.1 Å². The van der Waals surface area contributed by atoms with Crippen LogP contribution in [-0.2, 0) is 34.6 Å². The van der Waals surface area contributed by atoms with Crippen LogP contribution in [0.15, 0.2) is 79.9 Å². The Kier molecular flexibility index (Phi) is 16.4. The Bertz CT molecular complexity index is 692. The molecule has 140 valence electrons. The Morgan fingerprint density at radius 3 is 2.22 bits per heavy atom. The topological polar surface area (TPSA) is 0 Å². The van der Waals surface area contributed by atoms with Crippen LogP contribution in [0.25, 0.3) is 11.1 Å². The quantitative estimate of drug-likeness (QED) is 0.253. The number of hydrogen-bond acceptors (Lipinski definition) is 0. The van der Waals surface area contributed by atoms with Gasteiger partial charge in [-0.2, -0.15) is 47.5 Å². The molecule has 3 aromatic rings. The number of benzene rings is 2. The van der Waals surface area contributed by atoms with Crippen molar-refractivity contribution in [2.45, 2.75) is 32.6 Å². The summed E-state index contributed by atoms with van der Waals surface area (Å²) in [5.74, 6) is 0. The maximum absolute atomic E-state index is 3.30. The van der Waals surface area contributed by atoms with E-state index in [-0.39, 0.29) is 46.5 Å². The van der Waals surface area contributed by atoms with Crippen LogP contribution in [0.5, 0.6) is 0 Å². The average molecular weight is 433 g/mol. The normalized spacial score (nSPS) is 9.37. The van der Waals surface area contributed by atoms with Crippen molar-refractivity contribution in [2.24, 2.45) is 0 Å². The number of fused-ring (bicyclic) bond motifs is 3. The summed E-state index contributed by atoms with van der Waals surface area (Å²) in [4.78, 5) is 0. The Labute approximate surface area is 192 Å². The summed E-state index contributed by atoms with van der Waals surface area (Å²) in [6, 6.07) is 26.7. The molecule has 3 aromatic carbocycles. The van der Waals surface area contributed by atoms with E-state index in [0.29, 0.717) is 0 Å². The fourth-order valence-corrected chi connectivity index (χ4v) is 2.96. The summed E-state index contributed by atoms with van der Waals surface area (Å²) in [6.45, 7) is 8.23. The Hall–Kier alpha value is -1.18. The fourth-order valence-electron chi connectivity index (χ4n) is 2.96. The molecular weight excluding hydrogens is 407 g/mol. The van der Waals surface area contributed by atoms with Crippen LogP contribution in [0, 0.1) is 6.07 Å². The molecule has 0 bridgehead atoms. The molecule has 0 atom stereocenters. The molecular formula is C24H26Cl2Ti. The Morgan fingerprint density at radius 2 is 1.56 bits per heavy atom. The van der Waals surface area contributed by atoms with Gasteiger partial charge in [-0.05, 0) is 6.42 Å². The summed E-state index contributed by atoms with van der Waals surface area (Å²) in [6.07, 6.45) is 4.92.